The van der Waals surface area contributed by atoms with Gasteiger partial charge in [0.15, 0.2) is 0 Å². The molecule has 0 radical (unpaired) electrons. The molecule has 4 atom stereocenters. The number of nitrogens with two attached hydrogens (primary N) is 2. The summed E-state index contributed by atoms with van der Waals surface area (Å²) >= 11 is 1.87. The van der Waals surface area contributed by atoms with Gasteiger partial charge in [0.2, 0.25) is 0 Å². The lowest BCUT2D eigenvalue weighted by Gasteiger charge is -2.16. The van der Waals surface area contributed by atoms with Gasteiger partial charge in [-0.25, -0.2) is 4.79 Å². The Balaban J connectivity index is 0.000000294. The Morgan fingerprint density at radius 1 is 1.19 bits per heavy atom. The van der Waals surface area contributed by atoms with Crippen molar-refractivity contribution in [3.8, 4) is 0 Å². The van der Waals surface area contributed by atoms with Gasteiger partial charge in [0.1, 0.15) is 6.04 Å². The predicted octanol–water partition coefficient (Wildman–Crippen LogP) is 0.324. The molecule has 0 aliphatic carbocycles. The fraction of sp³-hybridized carbons (Fsp3) is 0.812. The monoisotopic (exact) mass is 390 g/mol. The third kappa shape index (κ3) is 8.24. The first-order valence-electron chi connectivity index (χ1n) is 8.94. The van der Waals surface area contributed by atoms with Crippen molar-refractivity contribution in [1.82, 2.24) is 10.6 Å². The summed E-state index contributed by atoms with van der Waals surface area (Å²) in [5, 5.41) is 23.1. The smallest absolute Gasteiger partial charge is 0.320 e. The van der Waals surface area contributed by atoms with E-state index in [1.54, 1.807) is 0 Å². The summed E-state index contributed by atoms with van der Waals surface area (Å²) in [6.07, 6.45) is 5.04. The van der Waals surface area contributed by atoms with Crippen molar-refractivity contribution >= 4 is 29.7 Å². The quantitative estimate of drug-likeness (QED) is 0.229. The zero-order valence-electron chi connectivity index (χ0n) is 14.9. The lowest BCUT2D eigenvalue weighted by Crippen LogP contribution is -2.36. The van der Waals surface area contributed by atoms with Gasteiger partial charge in [-0.3, -0.25) is 9.59 Å². The number of urea groups is 1. The number of thioether (sulfide) groups is 1. The molecule has 9 nitrogen and oxygen atoms in total. The Hall–Kier alpha value is -1.52. The van der Waals surface area contributed by atoms with Crippen molar-refractivity contribution in [1.29, 1.82) is 0 Å². The number of carbonyl (C=O) groups is 3. The van der Waals surface area contributed by atoms with Crippen molar-refractivity contribution in [2.45, 2.75) is 68.3 Å². The summed E-state index contributed by atoms with van der Waals surface area (Å²) in [6.45, 7) is 0.604. The van der Waals surface area contributed by atoms with E-state index in [9.17, 15) is 14.4 Å². The number of amides is 2. The van der Waals surface area contributed by atoms with Gasteiger partial charge in [-0.05, 0) is 32.2 Å². The summed E-state index contributed by atoms with van der Waals surface area (Å²) in [4.78, 5) is 31.6. The van der Waals surface area contributed by atoms with E-state index in [0.29, 0.717) is 18.2 Å². The highest BCUT2D eigenvalue weighted by atomic mass is 32.2. The lowest BCUT2D eigenvalue weighted by atomic mass is 10.0. The molecule has 2 aliphatic heterocycles. The largest absolute Gasteiger partial charge is 0.481 e. The third-order valence-electron chi connectivity index (χ3n) is 4.35. The maximum absolute atomic E-state index is 11.1. The van der Waals surface area contributed by atoms with Crippen LogP contribution in [-0.2, 0) is 9.59 Å². The fourth-order valence-electron chi connectivity index (χ4n) is 2.90. The van der Waals surface area contributed by atoms with E-state index in [4.69, 9.17) is 21.7 Å². The number of carboxylic acids is 2. The third-order valence-corrected chi connectivity index (χ3v) is 5.86. The topological polar surface area (TPSA) is 168 Å². The number of fused-ring (bicyclic) bond motifs is 1. The zero-order valence-corrected chi connectivity index (χ0v) is 15.7. The van der Waals surface area contributed by atoms with Crippen LogP contribution in [0.25, 0.3) is 0 Å². The predicted molar refractivity (Wildman–Crippen MR) is 100 cm³/mol. The maximum Gasteiger partial charge on any atom is 0.320 e. The number of hydrogen-bond donors (Lipinski definition) is 6. The first-order valence-corrected chi connectivity index (χ1v) is 9.99. The standard InChI is InChI=1S/C10H16N2O3S.C6H14N2O2/c13-8(14)4-2-1-3-7-9-6(5-16-7)11-10(15)12-9;7-4-2-1-3-5(8)6(9)10/h6-7,9H,1-5H2,(H,13,14)(H2,11,12,15);5H,1-4,7-8H2,(H,9,10)/t6-,7-,9-;5-/m00/s1. The molecule has 8 N–H and O–H groups in total. The molecule has 2 amide bonds. The minimum Gasteiger partial charge on any atom is -0.481 e. The number of aliphatic carboxylic acids is 2. The highest BCUT2D eigenvalue weighted by Gasteiger charge is 2.42. The molecule has 0 bridgehead atoms. The number of carbonyl (C=O) groups excluding carboxylic acids is 1. The molecule has 2 fully saturated rings. The van der Waals surface area contributed by atoms with E-state index >= 15 is 0 Å². The highest BCUT2D eigenvalue weighted by molar-refractivity contribution is 8.00. The molecule has 150 valence electrons. The molecule has 0 spiro atoms. The Labute approximate surface area is 157 Å². The van der Waals surface area contributed by atoms with E-state index in [1.165, 1.54) is 0 Å². The summed E-state index contributed by atoms with van der Waals surface area (Å²) in [7, 11) is 0. The molecular weight excluding hydrogens is 360 g/mol. The minimum atomic E-state index is -0.933. The molecule has 0 aromatic heterocycles. The number of rotatable bonds is 10. The summed E-state index contributed by atoms with van der Waals surface area (Å²) in [5.74, 6) is -0.697. The average Bonchev–Trinajstić information content (AvgIpc) is 3.11. The van der Waals surface area contributed by atoms with Gasteiger partial charge >= 0.3 is 18.0 Å². The van der Waals surface area contributed by atoms with Gasteiger partial charge < -0.3 is 32.3 Å². The van der Waals surface area contributed by atoms with E-state index in [-0.39, 0.29) is 24.5 Å². The normalized spacial score (nSPS) is 24.7. The molecule has 2 rings (SSSR count). The van der Waals surface area contributed by atoms with E-state index in [0.717, 1.165) is 37.9 Å². The molecule has 0 saturated carbocycles. The van der Waals surface area contributed by atoms with Crippen molar-refractivity contribution in [2.24, 2.45) is 11.5 Å². The maximum atomic E-state index is 11.1. The molecule has 0 unspecified atom stereocenters. The minimum absolute atomic E-state index is 0.0640. The van der Waals surface area contributed by atoms with E-state index in [2.05, 4.69) is 10.6 Å². The lowest BCUT2D eigenvalue weighted by molar-refractivity contribution is -0.139. The van der Waals surface area contributed by atoms with Crippen LogP contribution in [0.2, 0.25) is 0 Å². The van der Waals surface area contributed by atoms with Crippen molar-refractivity contribution < 1.29 is 24.6 Å². The second-order valence-corrected chi connectivity index (χ2v) is 7.76. The van der Waals surface area contributed by atoms with Crippen LogP contribution in [0.1, 0.15) is 44.9 Å². The van der Waals surface area contributed by atoms with Crippen molar-refractivity contribution in [3.63, 3.8) is 0 Å². The fourth-order valence-corrected chi connectivity index (χ4v) is 4.44. The van der Waals surface area contributed by atoms with Crippen LogP contribution in [0.4, 0.5) is 4.79 Å². The average molecular weight is 391 g/mol. The number of carboxylic acid groups (broad SMARTS) is 2. The van der Waals surface area contributed by atoms with Crippen LogP contribution < -0.4 is 22.1 Å². The highest BCUT2D eigenvalue weighted by Crippen LogP contribution is 2.33. The second kappa shape index (κ2) is 12.0. The van der Waals surface area contributed by atoms with Crippen LogP contribution in [0.3, 0.4) is 0 Å². The second-order valence-electron chi connectivity index (χ2n) is 6.49. The van der Waals surface area contributed by atoms with Crippen molar-refractivity contribution in [3.05, 3.63) is 0 Å². The number of hydrogen-bond acceptors (Lipinski definition) is 6. The Bertz CT molecular complexity index is 480. The molecular formula is C16H30N4O5S. The van der Waals surface area contributed by atoms with E-state index in [1.807, 2.05) is 11.8 Å². The molecule has 2 heterocycles. The number of unbranched alkanes of at least 4 members (excludes halogenated alkanes) is 2. The van der Waals surface area contributed by atoms with Gasteiger partial charge in [-0.1, -0.05) is 12.8 Å². The van der Waals surface area contributed by atoms with Crippen LogP contribution >= 0.6 is 11.8 Å². The zero-order chi connectivity index (χ0) is 19.5. The molecule has 10 heteroatoms. The number of nitrogens with one attached hydrogen (secondary N) is 2. The van der Waals surface area contributed by atoms with Crippen LogP contribution in [0.15, 0.2) is 0 Å². The Morgan fingerprint density at radius 3 is 2.54 bits per heavy atom. The molecule has 2 saturated heterocycles. The summed E-state index contributed by atoms with van der Waals surface area (Å²) < 4.78 is 0. The SMILES string of the molecule is NCCCC[C@H](N)C(=O)O.O=C(O)CCCC[C@@H]1SC[C@@H]2NC(=O)N[C@@H]21. The molecule has 2 aliphatic rings. The molecule has 0 aromatic rings. The van der Waals surface area contributed by atoms with Gasteiger partial charge in [0.05, 0.1) is 12.1 Å². The van der Waals surface area contributed by atoms with Crippen LogP contribution in [-0.4, -0.2) is 63.9 Å². The molecule has 26 heavy (non-hydrogen) atoms. The van der Waals surface area contributed by atoms with Gasteiger partial charge in [-0.2, -0.15) is 11.8 Å². The first kappa shape index (κ1) is 22.5. The molecule has 0 aromatic carbocycles. The van der Waals surface area contributed by atoms with Crippen molar-refractivity contribution in [2.75, 3.05) is 12.3 Å². The Kier molecular flexibility index (Phi) is 10.4. The van der Waals surface area contributed by atoms with Crippen LogP contribution in [0, 0.1) is 0 Å². The first-order chi connectivity index (χ1) is 12.3. The summed E-state index contributed by atoms with van der Waals surface area (Å²) in [5.41, 5.74) is 10.4. The van der Waals surface area contributed by atoms with E-state index < -0.39 is 18.0 Å². The Morgan fingerprint density at radius 2 is 1.92 bits per heavy atom. The van der Waals surface area contributed by atoms with Gasteiger partial charge in [-0.15, -0.1) is 0 Å². The van der Waals surface area contributed by atoms with Crippen LogP contribution in [0.5, 0.6) is 0 Å². The van der Waals surface area contributed by atoms with Gasteiger partial charge in [0, 0.05) is 17.4 Å². The summed E-state index contributed by atoms with van der Waals surface area (Å²) in [6, 6.07) is -0.276. The van der Waals surface area contributed by atoms with Gasteiger partial charge in [0.25, 0.3) is 0 Å².